The van der Waals surface area contributed by atoms with Crippen molar-refractivity contribution in [3.8, 4) is 11.4 Å². The first-order chi connectivity index (χ1) is 12.9. The molecule has 1 amide bonds. The van der Waals surface area contributed by atoms with Crippen LogP contribution in [0.4, 0.5) is 32.3 Å². The molecule has 0 spiro atoms. The molecule has 0 saturated carbocycles. The molecule has 3 N–H and O–H groups in total. The van der Waals surface area contributed by atoms with Gasteiger partial charge in [0.25, 0.3) is 5.91 Å². The molecule has 1 unspecified atom stereocenters. The molecule has 152 valence electrons. The summed E-state index contributed by atoms with van der Waals surface area (Å²) >= 11 is 0. The second-order valence-corrected chi connectivity index (χ2v) is 6.39. The number of hydrogen-bond acceptors (Lipinski definition) is 4. The number of hydrogen-bond donors (Lipinski definition) is 2. The number of nitrogens with zero attached hydrogens (tertiary/aromatic N) is 3. The number of alkyl halides is 6. The van der Waals surface area contributed by atoms with Gasteiger partial charge in [-0.15, -0.1) is 0 Å². The average molecular weight is 407 g/mol. The number of aromatic nitrogens is 3. The van der Waals surface area contributed by atoms with Crippen LogP contribution in [-0.4, -0.2) is 39.3 Å². The quantitative estimate of drug-likeness (QED) is 0.762. The lowest BCUT2D eigenvalue weighted by molar-refractivity contribution is -0.142. The normalized spacial score (nSPS) is 17.4. The minimum Gasteiger partial charge on any atom is -0.368 e. The summed E-state index contributed by atoms with van der Waals surface area (Å²) in [5.41, 5.74) is 5.27. The molecular formula is C16H15F6N5O. The minimum atomic E-state index is -4.66. The van der Waals surface area contributed by atoms with E-state index in [1.54, 1.807) is 0 Å². The summed E-state index contributed by atoms with van der Waals surface area (Å²) in [6.45, 7) is -1.66. The van der Waals surface area contributed by atoms with Gasteiger partial charge in [-0.3, -0.25) is 4.79 Å². The Morgan fingerprint density at radius 2 is 1.93 bits per heavy atom. The molecule has 0 aromatic carbocycles. The predicted octanol–water partition coefficient (Wildman–Crippen LogP) is 3.26. The van der Waals surface area contributed by atoms with Crippen LogP contribution in [0.1, 0.15) is 34.8 Å². The number of nitrogens with two attached hydrogens (primary N) is 1. The van der Waals surface area contributed by atoms with Crippen molar-refractivity contribution >= 4 is 11.9 Å². The zero-order chi connectivity index (χ0) is 20.7. The lowest BCUT2D eigenvalue weighted by Gasteiger charge is -2.27. The monoisotopic (exact) mass is 407 g/mol. The van der Waals surface area contributed by atoms with Gasteiger partial charge in [0.05, 0.1) is 17.0 Å². The lowest BCUT2D eigenvalue weighted by atomic mass is 9.92. The number of carbonyl (C=O) groups is 1. The zero-order valence-electron chi connectivity index (χ0n) is 14.2. The highest BCUT2D eigenvalue weighted by Crippen LogP contribution is 2.38. The van der Waals surface area contributed by atoms with Crippen molar-refractivity contribution < 1.29 is 31.1 Å². The number of amides is 1. The average Bonchev–Trinajstić information content (AvgIpc) is 2.92. The smallest absolute Gasteiger partial charge is 0.368 e. The number of rotatable bonds is 4. The topological polar surface area (TPSA) is 85.8 Å². The summed E-state index contributed by atoms with van der Waals surface area (Å²) in [6.07, 6.45) is -9.53. The summed E-state index contributed by atoms with van der Waals surface area (Å²) in [6, 6.07) is 2.50. The fraction of sp³-hybridized carbons (Fsp3) is 0.438. The summed E-state index contributed by atoms with van der Waals surface area (Å²) in [7, 11) is 0. The number of halogens is 6. The van der Waals surface area contributed by atoms with E-state index in [9.17, 15) is 31.1 Å². The van der Waals surface area contributed by atoms with E-state index in [1.165, 1.54) is 18.3 Å². The molecule has 12 heteroatoms. The summed E-state index contributed by atoms with van der Waals surface area (Å²) < 4.78 is 78.3. The second kappa shape index (κ2) is 6.99. The Balaban J connectivity index is 2.13. The molecule has 3 rings (SSSR count). The summed E-state index contributed by atoms with van der Waals surface area (Å²) in [5.74, 6) is -1.76. The summed E-state index contributed by atoms with van der Waals surface area (Å²) in [4.78, 5) is 19.7. The van der Waals surface area contributed by atoms with Crippen LogP contribution in [-0.2, 0) is 6.54 Å². The van der Waals surface area contributed by atoms with Crippen LogP contribution in [0.3, 0.4) is 0 Å². The maximum absolute atomic E-state index is 13.2. The van der Waals surface area contributed by atoms with Gasteiger partial charge in [0, 0.05) is 30.8 Å². The van der Waals surface area contributed by atoms with Gasteiger partial charge in [0.1, 0.15) is 6.54 Å². The highest BCUT2D eigenvalue weighted by molar-refractivity contribution is 5.98. The van der Waals surface area contributed by atoms with E-state index in [-0.39, 0.29) is 35.1 Å². The number of carbonyl (C=O) groups excluding carboxylic acids is 1. The Morgan fingerprint density at radius 1 is 1.21 bits per heavy atom. The molecule has 3 heterocycles. The second-order valence-electron chi connectivity index (χ2n) is 6.39. The van der Waals surface area contributed by atoms with Crippen molar-refractivity contribution in [2.45, 2.75) is 37.7 Å². The molecule has 2 aromatic heterocycles. The molecule has 1 atom stereocenters. The molecule has 2 aromatic rings. The van der Waals surface area contributed by atoms with Gasteiger partial charge in [-0.05, 0) is 18.6 Å². The highest BCUT2D eigenvalue weighted by atomic mass is 19.4. The van der Waals surface area contributed by atoms with E-state index in [0.717, 1.165) is 4.57 Å². The van der Waals surface area contributed by atoms with E-state index in [1.807, 2.05) is 0 Å². The molecule has 0 radical (unpaired) electrons. The van der Waals surface area contributed by atoms with Crippen LogP contribution in [0.15, 0.2) is 18.3 Å². The minimum absolute atomic E-state index is 0.0357. The number of nitrogen functional groups attached to an aromatic ring is 1. The van der Waals surface area contributed by atoms with Gasteiger partial charge in [0.2, 0.25) is 5.95 Å². The third-order valence-corrected chi connectivity index (χ3v) is 4.33. The van der Waals surface area contributed by atoms with Crippen molar-refractivity contribution in [3.63, 3.8) is 0 Å². The summed E-state index contributed by atoms with van der Waals surface area (Å²) in [5, 5.41) is 2.43. The van der Waals surface area contributed by atoms with Crippen LogP contribution in [0.5, 0.6) is 0 Å². The molecule has 1 aliphatic rings. The van der Waals surface area contributed by atoms with Crippen LogP contribution >= 0.6 is 0 Å². The number of nitrogens with one attached hydrogen (secondary N) is 1. The third kappa shape index (κ3) is 4.37. The van der Waals surface area contributed by atoms with Gasteiger partial charge in [-0.1, -0.05) is 0 Å². The Labute approximate surface area is 154 Å². The van der Waals surface area contributed by atoms with Crippen molar-refractivity contribution in [1.82, 2.24) is 19.9 Å². The van der Waals surface area contributed by atoms with Crippen LogP contribution in [0.25, 0.3) is 11.4 Å². The Bertz CT molecular complexity index is 889. The number of fused-ring (bicyclic) bond motifs is 1. The van der Waals surface area contributed by atoms with Gasteiger partial charge >= 0.3 is 12.4 Å². The maximum Gasteiger partial charge on any atom is 0.406 e. The van der Waals surface area contributed by atoms with Crippen LogP contribution in [0, 0.1) is 0 Å². The first kappa shape index (κ1) is 20.0. The van der Waals surface area contributed by atoms with E-state index < -0.39 is 43.6 Å². The lowest BCUT2D eigenvalue weighted by Crippen LogP contribution is -2.37. The number of anilines is 1. The van der Waals surface area contributed by atoms with Gasteiger partial charge in [-0.25, -0.2) is 9.97 Å². The van der Waals surface area contributed by atoms with Crippen molar-refractivity contribution in [2.75, 3.05) is 12.3 Å². The van der Waals surface area contributed by atoms with E-state index >= 15 is 0 Å². The zero-order valence-corrected chi connectivity index (χ0v) is 14.2. The van der Waals surface area contributed by atoms with Gasteiger partial charge in [-0.2, -0.15) is 26.3 Å². The largest absolute Gasteiger partial charge is 0.406 e. The highest BCUT2D eigenvalue weighted by Gasteiger charge is 2.38. The van der Waals surface area contributed by atoms with Crippen LogP contribution in [0.2, 0.25) is 0 Å². The van der Waals surface area contributed by atoms with Crippen molar-refractivity contribution in [3.05, 3.63) is 29.6 Å². The fourth-order valence-corrected chi connectivity index (χ4v) is 3.25. The Morgan fingerprint density at radius 3 is 2.54 bits per heavy atom. The third-order valence-electron chi connectivity index (χ3n) is 4.33. The Kier molecular flexibility index (Phi) is 4.98. The molecule has 1 aliphatic heterocycles. The van der Waals surface area contributed by atoms with E-state index in [2.05, 4.69) is 15.3 Å². The van der Waals surface area contributed by atoms with Crippen LogP contribution < -0.4 is 11.1 Å². The van der Waals surface area contributed by atoms with Gasteiger partial charge < -0.3 is 15.6 Å². The van der Waals surface area contributed by atoms with E-state index in [4.69, 9.17) is 5.73 Å². The first-order valence-electron chi connectivity index (χ1n) is 8.18. The van der Waals surface area contributed by atoms with Gasteiger partial charge in [0.15, 0.2) is 0 Å². The fourth-order valence-electron chi connectivity index (χ4n) is 3.25. The molecule has 0 aliphatic carbocycles. The molecule has 0 bridgehead atoms. The standard InChI is InChI=1S/C16H15F6N5O/c17-15(18,19)3-1-8-6-25-13(28)9-5-11(10-2-4-24-14(23)26-10)27(12(8)9)7-16(20,21)22/h2,4-5,8H,1,3,6-7H2,(H,25,28)(H2,23,24,26). The van der Waals surface area contributed by atoms with Crippen molar-refractivity contribution in [1.29, 1.82) is 0 Å². The molecular weight excluding hydrogens is 392 g/mol. The molecule has 6 nitrogen and oxygen atoms in total. The SMILES string of the molecule is Nc1nccc(-c2cc3c(n2CC(F)(F)F)C(CCC(F)(F)F)CNC3=O)n1. The molecule has 0 saturated heterocycles. The maximum atomic E-state index is 13.2. The molecule has 28 heavy (non-hydrogen) atoms. The Hall–Kier alpha value is -2.79. The first-order valence-corrected chi connectivity index (χ1v) is 8.18. The predicted molar refractivity (Wildman–Crippen MR) is 86.3 cm³/mol. The van der Waals surface area contributed by atoms with Crippen molar-refractivity contribution in [2.24, 2.45) is 0 Å². The van der Waals surface area contributed by atoms with E-state index in [0.29, 0.717) is 0 Å². The molecule has 0 fully saturated rings.